The number of piperidine rings is 1. The second kappa shape index (κ2) is 6.58. The molecule has 7 heteroatoms. The summed E-state index contributed by atoms with van der Waals surface area (Å²) < 4.78 is 0. The van der Waals surface area contributed by atoms with Gasteiger partial charge in [-0.1, -0.05) is 6.42 Å². The molecule has 0 aromatic carbocycles. The molecule has 3 unspecified atom stereocenters. The van der Waals surface area contributed by atoms with Crippen molar-refractivity contribution < 1.29 is 19.5 Å². The van der Waals surface area contributed by atoms with Crippen molar-refractivity contribution in [2.45, 2.75) is 50.6 Å². The normalized spacial score (nSPS) is 30.2. The first kappa shape index (κ1) is 14.6. The Bertz CT molecular complexity index is 389. The standard InChI is InChI=1S/C13H21N3O4/c17-11-5-4-10(7-14-11)16-13(20)15-9-3-1-2-8(6-9)12(18)19/h8-10H,1-7H2,(H,14,17)(H,18,19)(H2,15,16,20). The molecule has 2 fully saturated rings. The van der Waals surface area contributed by atoms with E-state index in [1.54, 1.807) is 0 Å². The van der Waals surface area contributed by atoms with Gasteiger partial charge in [-0.3, -0.25) is 9.59 Å². The fourth-order valence-corrected chi connectivity index (χ4v) is 2.81. The summed E-state index contributed by atoms with van der Waals surface area (Å²) in [7, 11) is 0. The van der Waals surface area contributed by atoms with E-state index in [2.05, 4.69) is 16.0 Å². The molecule has 7 nitrogen and oxygen atoms in total. The van der Waals surface area contributed by atoms with E-state index in [0.717, 1.165) is 12.8 Å². The van der Waals surface area contributed by atoms with Crippen molar-refractivity contribution in [2.24, 2.45) is 5.92 Å². The lowest BCUT2D eigenvalue weighted by atomic mass is 9.86. The van der Waals surface area contributed by atoms with Crippen molar-refractivity contribution in [3.8, 4) is 0 Å². The summed E-state index contributed by atoms with van der Waals surface area (Å²) in [5.74, 6) is -1.13. The summed E-state index contributed by atoms with van der Waals surface area (Å²) in [6.45, 7) is 0.453. The third-order valence-corrected chi connectivity index (χ3v) is 3.96. The van der Waals surface area contributed by atoms with Crippen LogP contribution >= 0.6 is 0 Å². The van der Waals surface area contributed by atoms with E-state index in [1.165, 1.54) is 0 Å². The molecule has 3 atom stereocenters. The van der Waals surface area contributed by atoms with Crippen LogP contribution in [0, 0.1) is 5.92 Å². The lowest BCUT2D eigenvalue weighted by Gasteiger charge is -2.29. The molecule has 4 N–H and O–H groups in total. The summed E-state index contributed by atoms with van der Waals surface area (Å²) >= 11 is 0. The Morgan fingerprint density at radius 2 is 1.90 bits per heavy atom. The number of carboxylic acid groups (broad SMARTS) is 1. The molecule has 1 aliphatic heterocycles. The van der Waals surface area contributed by atoms with Crippen LogP contribution in [0.1, 0.15) is 38.5 Å². The van der Waals surface area contributed by atoms with E-state index in [1.807, 2.05) is 0 Å². The van der Waals surface area contributed by atoms with Gasteiger partial charge in [0.15, 0.2) is 0 Å². The quantitative estimate of drug-likeness (QED) is 0.593. The summed E-state index contributed by atoms with van der Waals surface area (Å²) in [5.41, 5.74) is 0. The minimum atomic E-state index is -0.785. The number of amides is 3. The molecule has 1 heterocycles. The van der Waals surface area contributed by atoms with E-state index in [-0.39, 0.29) is 29.9 Å². The van der Waals surface area contributed by atoms with Crippen LogP contribution in [0.2, 0.25) is 0 Å². The molecule has 0 spiro atoms. The number of carboxylic acids is 1. The highest BCUT2D eigenvalue weighted by molar-refractivity contribution is 5.78. The Morgan fingerprint density at radius 1 is 1.15 bits per heavy atom. The highest BCUT2D eigenvalue weighted by atomic mass is 16.4. The van der Waals surface area contributed by atoms with Crippen molar-refractivity contribution in [1.82, 2.24) is 16.0 Å². The van der Waals surface area contributed by atoms with Gasteiger partial charge in [0.1, 0.15) is 0 Å². The van der Waals surface area contributed by atoms with Gasteiger partial charge in [-0.05, 0) is 25.7 Å². The average Bonchev–Trinajstić information content (AvgIpc) is 2.41. The van der Waals surface area contributed by atoms with Crippen LogP contribution < -0.4 is 16.0 Å². The van der Waals surface area contributed by atoms with Crippen LogP contribution in [0.3, 0.4) is 0 Å². The summed E-state index contributed by atoms with van der Waals surface area (Å²) in [5, 5.41) is 17.4. The third-order valence-electron chi connectivity index (χ3n) is 3.96. The molecule has 112 valence electrons. The maximum absolute atomic E-state index is 11.9. The zero-order valence-corrected chi connectivity index (χ0v) is 11.4. The van der Waals surface area contributed by atoms with Gasteiger partial charge in [0.05, 0.1) is 5.92 Å². The van der Waals surface area contributed by atoms with Crippen LogP contribution in [0.25, 0.3) is 0 Å². The van der Waals surface area contributed by atoms with E-state index in [0.29, 0.717) is 32.2 Å². The SMILES string of the molecule is O=C1CCC(NC(=O)NC2CCCC(C(=O)O)C2)CN1. The van der Waals surface area contributed by atoms with Gasteiger partial charge in [0, 0.05) is 25.0 Å². The van der Waals surface area contributed by atoms with Gasteiger partial charge in [0.2, 0.25) is 5.91 Å². The van der Waals surface area contributed by atoms with E-state index >= 15 is 0 Å². The molecule has 1 saturated heterocycles. The summed E-state index contributed by atoms with van der Waals surface area (Å²) in [6, 6.07) is -0.406. The Hall–Kier alpha value is -1.79. The Morgan fingerprint density at radius 3 is 2.55 bits per heavy atom. The molecule has 1 aliphatic carbocycles. The average molecular weight is 283 g/mol. The Labute approximate surface area is 117 Å². The lowest BCUT2D eigenvalue weighted by molar-refractivity contribution is -0.143. The number of nitrogens with one attached hydrogen (secondary N) is 3. The van der Waals surface area contributed by atoms with Crippen LogP contribution in [0.4, 0.5) is 4.79 Å². The van der Waals surface area contributed by atoms with Gasteiger partial charge in [-0.2, -0.15) is 0 Å². The second-order valence-electron chi connectivity index (χ2n) is 5.56. The molecule has 3 amide bonds. The Balaban J connectivity index is 1.73. The van der Waals surface area contributed by atoms with Crippen molar-refractivity contribution in [2.75, 3.05) is 6.54 Å². The zero-order chi connectivity index (χ0) is 14.5. The highest BCUT2D eigenvalue weighted by Crippen LogP contribution is 2.24. The molecule has 2 rings (SSSR count). The first-order valence-corrected chi connectivity index (χ1v) is 7.11. The number of carbonyl (C=O) groups is 3. The molecule has 20 heavy (non-hydrogen) atoms. The Kier molecular flexibility index (Phi) is 4.81. The van der Waals surface area contributed by atoms with Crippen LogP contribution in [-0.4, -0.2) is 41.6 Å². The number of carbonyl (C=O) groups excluding carboxylic acids is 2. The van der Waals surface area contributed by atoms with Gasteiger partial charge in [-0.25, -0.2) is 4.79 Å². The number of hydrogen-bond acceptors (Lipinski definition) is 3. The predicted octanol–water partition coefficient (Wildman–Crippen LogP) is 0.208. The first-order chi connectivity index (χ1) is 9.54. The molecular weight excluding hydrogens is 262 g/mol. The van der Waals surface area contributed by atoms with Gasteiger partial charge in [-0.15, -0.1) is 0 Å². The van der Waals surface area contributed by atoms with Crippen molar-refractivity contribution in [1.29, 1.82) is 0 Å². The van der Waals surface area contributed by atoms with E-state index in [4.69, 9.17) is 5.11 Å². The van der Waals surface area contributed by atoms with Crippen molar-refractivity contribution in [3.05, 3.63) is 0 Å². The molecule has 0 aromatic rings. The zero-order valence-electron chi connectivity index (χ0n) is 11.4. The highest BCUT2D eigenvalue weighted by Gasteiger charge is 2.28. The topological polar surface area (TPSA) is 108 Å². The minimum absolute atomic E-state index is 0.0139. The lowest BCUT2D eigenvalue weighted by Crippen LogP contribution is -2.53. The smallest absolute Gasteiger partial charge is 0.315 e. The molecule has 2 aliphatic rings. The number of hydrogen-bond donors (Lipinski definition) is 4. The van der Waals surface area contributed by atoms with E-state index < -0.39 is 5.97 Å². The van der Waals surface area contributed by atoms with Gasteiger partial charge < -0.3 is 21.1 Å². The largest absolute Gasteiger partial charge is 0.481 e. The fraction of sp³-hybridized carbons (Fsp3) is 0.769. The third kappa shape index (κ3) is 4.11. The van der Waals surface area contributed by atoms with Crippen LogP contribution in [-0.2, 0) is 9.59 Å². The molecule has 1 saturated carbocycles. The molecule has 0 radical (unpaired) electrons. The number of rotatable bonds is 3. The number of urea groups is 1. The maximum atomic E-state index is 11.9. The van der Waals surface area contributed by atoms with Gasteiger partial charge >= 0.3 is 12.0 Å². The monoisotopic (exact) mass is 283 g/mol. The summed E-state index contributed by atoms with van der Waals surface area (Å²) in [4.78, 5) is 33.8. The second-order valence-corrected chi connectivity index (χ2v) is 5.56. The first-order valence-electron chi connectivity index (χ1n) is 7.11. The van der Waals surface area contributed by atoms with Crippen LogP contribution in [0.5, 0.6) is 0 Å². The van der Waals surface area contributed by atoms with Gasteiger partial charge in [0.25, 0.3) is 0 Å². The molecule has 0 aromatic heterocycles. The van der Waals surface area contributed by atoms with Crippen molar-refractivity contribution >= 4 is 17.9 Å². The fourth-order valence-electron chi connectivity index (χ4n) is 2.81. The van der Waals surface area contributed by atoms with E-state index in [9.17, 15) is 14.4 Å². The minimum Gasteiger partial charge on any atom is -0.481 e. The molecule has 0 bridgehead atoms. The maximum Gasteiger partial charge on any atom is 0.315 e. The predicted molar refractivity (Wildman–Crippen MR) is 71.1 cm³/mol. The molecular formula is C13H21N3O4. The summed E-state index contributed by atoms with van der Waals surface area (Å²) in [6.07, 6.45) is 3.88. The number of aliphatic carboxylic acids is 1. The van der Waals surface area contributed by atoms with Crippen LogP contribution in [0.15, 0.2) is 0 Å². The van der Waals surface area contributed by atoms with Crippen molar-refractivity contribution in [3.63, 3.8) is 0 Å².